The largest absolute Gasteiger partial charge is 0.495 e. The fourth-order valence-electron chi connectivity index (χ4n) is 1.27. The number of thioether (sulfide) groups is 1. The van der Waals surface area contributed by atoms with Crippen molar-refractivity contribution in [3.05, 3.63) is 23.8 Å². The number of aliphatic hydroxyl groups is 1. The topological polar surface area (TPSA) is 29.5 Å². The van der Waals surface area contributed by atoms with Gasteiger partial charge in [0.1, 0.15) is 5.75 Å². The second-order valence-electron chi connectivity index (χ2n) is 2.63. The van der Waals surface area contributed by atoms with Crippen molar-refractivity contribution in [1.29, 1.82) is 0 Å². The lowest BCUT2D eigenvalue weighted by atomic mass is 10.1. The van der Waals surface area contributed by atoms with Crippen LogP contribution in [-0.2, 0) is 6.42 Å². The van der Waals surface area contributed by atoms with Crippen LogP contribution in [0.4, 0.5) is 0 Å². The molecule has 0 fully saturated rings. The van der Waals surface area contributed by atoms with Crippen molar-refractivity contribution in [3.63, 3.8) is 0 Å². The van der Waals surface area contributed by atoms with E-state index >= 15 is 0 Å². The first-order valence-corrected chi connectivity index (χ1v) is 5.36. The molecule has 0 aliphatic heterocycles. The lowest BCUT2D eigenvalue weighted by Gasteiger charge is -2.10. The Hall–Kier alpha value is -0.670. The van der Waals surface area contributed by atoms with E-state index < -0.39 is 0 Å². The van der Waals surface area contributed by atoms with Crippen LogP contribution in [0.5, 0.6) is 5.75 Å². The molecule has 0 bridgehead atoms. The molecule has 0 amide bonds. The summed E-state index contributed by atoms with van der Waals surface area (Å²) in [6.07, 6.45) is 2.66. The fraction of sp³-hybridized carbons (Fsp3) is 0.400. The number of aliphatic hydroxyl groups excluding tert-OH is 1. The predicted molar refractivity (Wildman–Crippen MR) is 55.6 cm³/mol. The van der Waals surface area contributed by atoms with Crippen molar-refractivity contribution in [3.8, 4) is 5.75 Å². The summed E-state index contributed by atoms with van der Waals surface area (Å²) >= 11 is 1.65. The molecule has 0 atom stereocenters. The number of benzene rings is 1. The second kappa shape index (κ2) is 5.14. The summed E-state index contributed by atoms with van der Waals surface area (Å²) in [6.45, 7) is 0.161. The Morgan fingerprint density at radius 2 is 2.23 bits per heavy atom. The molecule has 1 aromatic rings. The van der Waals surface area contributed by atoms with Gasteiger partial charge in [-0.15, -0.1) is 11.8 Å². The highest BCUT2D eigenvalue weighted by molar-refractivity contribution is 7.98. The smallest absolute Gasteiger partial charge is 0.135 e. The van der Waals surface area contributed by atoms with Crippen molar-refractivity contribution in [1.82, 2.24) is 0 Å². The zero-order valence-corrected chi connectivity index (χ0v) is 8.73. The molecule has 0 saturated heterocycles. The van der Waals surface area contributed by atoms with Gasteiger partial charge in [-0.3, -0.25) is 0 Å². The average molecular weight is 198 g/mol. The predicted octanol–water partition coefficient (Wildman–Crippen LogP) is 1.95. The number of ether oxygens (including phenoxy) is 1. The van der Waals surface area contributed by atoms with Crippen LogP contribution < -0.4 is 4.74 Å². The molecule has 2 nitrogen and oxygen atoms in total. The van der Waals surface area contributed by atoms with E-state index in [0.29, 0.717) is 6.42 Å². The van der Waals surface area contributed by atoms with Gasteiger partial charge < -0.3 is 9.84 Å². The van der Waals surface area contributed by atoms with E-state index in [1.807, 2.05) is 24.5 Å². The molecule has 0 spiro atoms. The number of hydrogen-bond acceptors (Lipinski definition) is 3. The molecule has 3 heteroatoms. The molecule has 0 radical (unpaired) electrons. The molecule has 1 rings (SSSR count). The molecule has 0 unspecified atom stereocenters. The van der Waals surface area contributed by atoms with Crippen molar-refractivity contribution in [2.75, 3.05) is 20.0 Å². The van der Waals surface area contributed by atoms with Crippen molar-refractivity contribution in [2.45, 2.75) is 11.3 Å². The Labute approximate surface area is 82.9 Å². The van der Waals surface area contributed by atoms with Gasteiger partial charge in [0.15, 0.2) is 0 Å². The first-order chi connectivity index (χ1) is 6.33. The summed E-state index contributed by atoms with van der Waals surface area (Å²) < 4.78 is 5.29. The molecule has 13 heavy (non-hydrogen) atoms. The normalized spacial score (nSPS) is 10.1. The van der Waals surface area contributed by atoms with Crippen LogP contribution in [0.1, 0.15) is 5.56 Å². The van der Waals surface area contributed by atoms with Gasteiger partial charge in [-0.2, -0.15) is 0 Å². The third-order valence-electron chi connectivity index (χ3n) is 1.87. The zero-order chi connectivity index (χ0) is 9.68. The van der Waals surface area contributed by atoms with Crippen LogP contribution in [0.2, 0.25) is 0 Å². The lowest BCUT2D eigenvalue weighted by molar-refractivity contribution is 0.296. The SMILES string of the molecule is COc1c(CCO)cccc1SC. The maximum atomic E-state index is 8.84. The second-order valence-corrected chi connectivity index (χ2v) is 3.47. The van der Waals surface area contributed by atoms with Crippen LogP contribution in [0, 0.1) is 0 Å². The lowest BCUT2D eigenvalue weighted by Crippen LogP contribution is -1.96. The van der Waals surface area contributed by atoms with Gasteiger partial charge in [0.2, 0.25) is 0 Å². The molecule has 0 aliphatic carbocycles. The van der Waals surface area contributed by atoms with Crippen molar-refractivity contribution >= 4 is 11.8 Å². The zero-order valence-electron chi connectivity index (χ0n) is 7.91. The van der Waals surface area contributed by atoms with Gasteiger partial charge in [0.25, 0.3) is 0 Å². The van der Waals surface area contributed by atoms with E-state index in [9.17, 15) is 0 Å². The van der Waals surface area contributed by atoms with E-state index in [2.05, 4.69) is 0 Å². The first kappa shape index (κ1) is 10.4. The highest BCUT2D eigenvalue weighted by Crippen LogP contribution is 2.30. The van der Waals surface area contributed by atoms with E-state index in [4.69, 9.17) is 9.84 Å². The van der Waals surface area contributed by atoms with E-state index in [1.54, 1.807) is 18.9 Å². The average Bonchev–Trinajstić information content (AvgIpc) is 2.18. The molecular weight excluding hydrogens is 184 g/mol. The minimum atomic E-state index is 0.161. The van der Waals surface area contributed by atoms with Gasteiger partial charge in [0, 0.05) is 11.5 Å². The maximum absolute atomic E-state index is 8.84. The van der Waals surface area contributed by atoms with Crippen LogP contribution >= 0.6 is 11.8 Å². The highest BCUT2D eigenvalue weighted by Gasteiger charge is 2.06. The van der Waals surface area contributed by atoms with Crippen LogP contribution in [0.3, 0.4) is 0 Å². The van der Waals surface area contributed by atoms with Crippen LogP contribution in [0.25, 0.3) is 0 Å². The Balaban J connectivity index is 3.03. The van der Waals surface area contributed by atoms with Gasteiger partial charge in [-0.05, 0) is 24.3 Å². The molecule has 0 saturated carbocycles. The summed E-state index contributed by atoms with van der Waals surface area (Å²) in [5.41, 5.74) is 1.07. The first-order valence-electron chi connectivity index (χ1n) is 4.14. The van der Waals surface area contributed by atoms with E-state index in [-0.39, 0.29) is 6.61 Å². The van der Waals surface area contributed by atoms with Crippen LogP contribution in [0.15, 0.2) is 23.1 Å². The van der Waals surface area contributed by atoms with Crippen molar-refractivity contribution < 1.29 is 9.84 Å². The number of rotatable bonds is 4. The van der Waals surface area contributed by atoms with E-state index in [1.165, 1.54) is 0 Å². The van der Waals surface area contributed by atoms with Gasteiger partial charge in [-0.25, -0.2) is 0 Å². The minimum Gasteiger partial charge on any atom is -0.495 e. The Morgan fingerprint density at radius 3 is 2.77 bits per heavy atom. The Bertz CT molecular complexity index is 274. The third-order valence-corrected chi connectivity index (χ3v) is 2.63. The van der Waals surface area contributed by atoms with Gasteiger partial charge >= 0.3 is 0 Å². The molecule has 0 heterocycles. The summed E-state index contributed by atoms with van der Waals surface area (Å²) in [4.78, 5) is 1.12. The maximum Gasteiger partial charge on any atom is 0.135 e. The Morgan fingerprint density at radius 1 is 1.46 bits per heavy atom. The molecule has 1 N–H and O–H groups in total. The standard InChI is InChI=1S/C10H14O2S/c1-12-10-8(6-7-11)4-3-5-9(10)13-2/h3-5,11H,6-7H2,1-2H3. The van der Waals surface area contributed by atoms with Crippen LogP contribution in [-0.4, -0.2) is 25.1 Å². The molecule has 1 aromatic carbocycles. The van der Waals surface area contributed by atoms with Gasteiger partial charge in [-0.1, -0.05) is 12.1 Å². The summed E-state index contributed by atoms with van der Waals surface area (Å²) in [5, 5.41) is 8.84. The minimum absolute atomic E-state index is 0.161. The number of methoxy groups -OCH3 is 1. The molecule has 72 valence electrons. The molecule has 0 aromatic heterocycles. The Kier molecular flexibility index (Phi) is 4.12. The summed E-state index contributed by atoms with van der Waals surface area (Å²) in [6, 6.07) is 5.98. The highest BCUT2D eigenvalue weighted by atomic mass is 32.2. The van der Waals surface area contributed by atoms with E-state index in [0.717, 1.165) is 16.2 Å². The summed E-state index contributed by atoms with van der Waals surface area (Å²) in [7, 11) is 1.66. The monoisotopic (exact) mass is 198 g/mol. The number of para-hydroxylation sites is 1. The van der Waals surface area contributed by atoms with Gasteiger partial charge in [0.05, 0.1) is 7.11 Å². The van der Waals surface area contributed by atoms with Crippen molar-refractivity contribution in [2.24, 2.45) is 0 Å². The molecular formula is C10H14O2S. The summed E-state index contributed by atoms with van der Waals surface area (Å²) in [5.74, 6) is 0.893. The third kappa shape index (κ3) is 2.39. The fourth-order valence-corrected chi connectivity index (χ4v) is 1.89. The molecule has 0 aliphatic rings. The number of hydrogen-bond donors (Lipinski definition) is 1. The quantitative estimate of drug-likeness (QED) is 0.750.